The quantitative estimate of drug-likeness (QED) is 0.685. The molecule has 0 saturated heterocycles. The normalized spacial score (nSPS) is 10.2. The Labute approximate surface area is 145 Å². The number of amides is 1. The van der Waals surface area contributed by atoms with Gasteiger partial charge in [0, 0.05) is 6.20 Å². The third-order valence-corrected chi connectivity index (χ3v) is 3.51. The van der Waals surface area contributed by atoms with Crippen LogP contribution in [0.15, 0.2) is 72.9 Å². The second kappa shape index (κ2) is 7.62. The largest absolute Gasteiger partial charge is 0.455 e. The lowest BCUT2D eigenvalue weighted by Gasteiger charge is -2.12. The Morgan fingerprint density at radius 2 is 1.75 bits per heavy atom. The van der Waals surface area contributed by atoms with Crippen LogP contribution in [0.2, 0.25) is 5.15 Å². The monoisotopic (exact) mass is 338 g/mol. The molecule has 120 valence electrons. The van der Waals surface area contributed by atoms with E-state index in [2.05, 4.69) is 10.3 Å². The number of hydrogen-bond acceptors (Lipinski definition) is 3. The molecule has 0 spiro atoms. The predicted octanol–water partition coefficient (Wildman–Crippen LogP) is 4.71. The van der Waals surface area contributed by atoms with Gasteiger partial charge in [0.05, 0.1) is 12.1 Å². The second-order valence-corrected chi connectivity index (χ2v) is 5.51. The molecule has 2 aromatic carbocycles. The molecule has 0 fully saturated rings. The summed E-state index contributed by atoms with van der Waals surface area (Å²) in [4.78, 5) is 16.2. The highest BCUT2D eigenvalue weighted by molar-refractivity contribution is 6.29. The van der Waals surface area contributed by atoms with Gasteiger partial charge in [0.2, 0.25) is 5.91 Å². The first-order valence-electron chi connectivity index (χ1n) is 7.43. The summed E-state index contributed by atoms with van der Waals surface area (Å²) in [7, 11) is 0. The van der Waals surface area contributed by atoms with E-state index >= 15 is 0 Å². The summed E-state index contributed by atoms with van der Waals surface area (Å²) >= 11 is 5.75. The average molecular weight is 339 g/mol. The first-order chi connectivity index (χ1) is 11.7. The van der Waals surface area contributed by atoms with E-state index < -0.39 is 0 Å². The number of carbonyl (C=O) groups is 1. The van der Waals surface area contributed by atoms with Crippen molar-refractivity contribution in [3.63, 3.8) is 0 Å². The van der Waals surface area contributed by atoms with Crippen molar-refractivity contribution >= 4 is 23.2 Å². The summed E-state index contributed by atoms with van der Waals surface area (Å²) in [5, 5.41) is 3.27. The third kappa shape index (κ3) is 4.33. The minimum Gasteiger partial charge on any atom is -0.455 e. The topological polar surface area (TPSA) is 51.2 Å². The maximum atomic E-state index is 12.2. The van der Waals surface area contributed by atoms with E-state index in [1.807, 2.05) is 48.5 Å². The van der Waals surface area contributed by atoms with E-state index in [-0.39, 0.29) is 12.3 Å². The Balaban J connectivity index is 1.70. The van der Waals surface area contributed by atoms with Crippen LogP contribution in [-0.4, -0.2) is 10.9 Å². The SMILES string of the molecule is O=C(Cc1ccc(Cl)nc1)Nc1ccccc1Oc1ccccc1. The minimum atomic E-state index is -0.150. The zero-order valence-electron chi connectivity index (χ0n) is 12.8. The van der Waals surface area contributed by atoms with Crippen LogP contribution < -0.4 is 10.1 Å². The van der Waals surface area contributed by atoms with E-state index in [1.165, 1.54) is 0 Å². The molecule has 0 bridgehead atoms. The van der Waals surface area contributed by atoms with Crippen molar-refractivity contribution in [3.8, 4) is 11.5 Å². The first kappa shape index (κ1) is 16.0. The van der Waals surface area contributed by atoms with E-state index in [9.17, 15) is 4.79 Å². The Kier molecular flexibility index (Phi) is 5.08. The van der Waals surface area contributed by atoms with Crippen molar-refractivity contribution in [2.45, 2.75) is 6.42 Å². The van der Waals surface area contributed by atoms with Crippen LogP contribution in [0.4, 0.5) is 5.69 Å². The highest BCUT2D eigenvalue weighted by atomic mass is 35.5. The van der Waals surface area contributed by atoms with E-state index in [1.54, 1.807) is 24.4 Å². The van der Waals surface area contributed by atoms with Gasteiger partial charge in [-0.25, -0.2) is 4.98 Å². The Morgan fingerprint density at radius 3 is 2.50 bits per heavy atom. The van der Waals surface area contributed by atoms with Crippen LogP contribution in [0.1, 0.15) is 5.56 Å². The Morgan fingerprint density at radius 1 is 1.00 bits per heavy atom. The fourth-order valence-corrected chi connectivity index (χ4v) is 2.28. The number of halogens is 1. The van der Waals surface area contributed by atoms with Crippen molar-refractivity contribution in [1.82, 2.24) is 4.98 Å². The van der Waals surface area contributed by atoms with Crippen LogP contribution in [0.5, 0.6) is 11.5 Å². The zero-order valence-corrected chi connectivity index (χ0v) is 13.5. The van der Waals surface area contributed by atoms with Crippen molar-refractivity contribution < 1.29 is 9.53 Å². The number of carbonyl (C=O) groups excluding carboxylic acids is 1. The van der Waals surface area contributed by atoms with Gasteiger partial charge in [-0.2, -0.15) is 0 Å². The molecule has 3 aromatic rings. The Hall–Kier alpha value is -2.85. The molecular weight excluding hydrogens is 324 g/mol. The van der Waals surface area contributed by atoms with Gasteiger partial charge >= 0.3 is 0 Å². The molecule has 4 nitrogen and oxygen atoms in total. The number of anilines is 1. The summed E-state index contributed by atoms with van der Waals surface area (Å²) in [6.07, 6.45) is 1.80. The molecule has 0 aliphatic carbocycles. The lowest BCUT2D eigenvalue weighted by Crippen LogP contribution is -2.15. The van der Waals surface area contributed by atoms with Crippen LogP contribution in [0.3, 0.4) is 0 Å². The lowest BCUT2D eigenvalue weighted by molar-refractivity contribution is -0.115. The van der Waals surface area contributed by atoms with Gasteiger partial charge in [-0.1, -0.05) is 48.0 Å². The van der Waals surface area contributed by atoms with Gasteiger partial charge in [-0.15, -0.1) is 0 Å². The summed E-state index contributed by atoms with van der Waals surface area (Å²) in [5.74, 6) is 1.15. The molecule has 3 rings (SSSR count). The lowest BCUT2D eigenvalue weighted by atomic mass is 10.2. The standard InChI is InChI=1S/C19H15ClN2O2/c20-18-11-10-14(13-21-18)12-19(23)22-16-8-4-5-9-17(16)24-15-6-2-1-3-7-15/h1-11,13H,12H2,(H,22,23). The molecule has 0 unspecified atom stereocenters. The van der Waals surface area contributed by atoms with Gasteiger partial charge in [0.15, 0.2) is 5.75 Å². The molecule has 0 aliphatic heterocycles. The van der Waals surface area contributed by atoms with Crippen LogP contribution >= 0.6 is 11.6 Å². The van der Waals surface area contributed by atoms with E-state index in [0.29, 0.717) is 22.3 Å². The van der Waals surface area contributed by atoms with Crippen molar-refractivity contribution in [1.29, 1.82) is 0 Å². The number of para-hydroxylation sites is 3. The number of rotatable bonds is 5. The molecule has 0 aliphatic rings. The molecule has 5 heteroatoms. The number of nitrogens with zero attached hydrogens (tertiary/aromatic N) is 1. The summed E-state index contributed by atoms with van der Waals surface area (Å²) < 4.78 is 5.83. The highest BCUT2D eigenvalue weighted by Crippen LogP contribution is 2.29. The fraction of sp³-hybridized carbons (Fsp3) is 0.0526. The van der Waals surface area contributed by atoms with Gasteiger partial charge in [0.25, 0.3) is 0 Å². The molecule has 0 saturated carbocycles. The summed E-state index contributed by atoms with van der Waals surface area (Å²) in [5.41, 5.74) is 1.41. The molecule has 1 aromatic heterocycles. The zero-order chi connectivity index (χ0) is 16.8. The maximum absolute atomic E-state index is 12.2. The minimum absolute atomic E-state index is 0.150. The molecule has 24 heavy (non-hydrogen) atoms. The molecule has 1 heterocycles. The van der Waals surface area contributed by atoms with E-state index in [0.717, 1.165) is 5.56 Å². The van der Waals surface area contributed by atoms with E-state index in [4.69, 9.17) is 16.3 Å². The number of nitrogens with one attached hydrogen (secondary N) is 1. The number of pyridine rings is 1. The van der Waals surface area contributed by atoms with Crippen LogP contribution in [0, 0.1) is 0 Å². The first-order valence-corrected chi connectivity index (χ1v) is 7.81. The predicted molar refractivity (Wildman–Crippen MR) is 94.5 cm³/mol. The summed E-state index contributed by atoms with van der Waals surface area (Å²) in [6, 6.07) is 20.2. The van der Waals surface area contributed by atoms with Crippen molar-refractivity contribution in [2.75, 3.05) is 5.32 Å². The highest BCUT2D eigenvalue weighted by Gasteiger charge is 2.09. The number of aromatic nitrogens is 1. The van der Waals surface area contributed by atoms with Gasteiger partial charge in [-0.05, 0) is 35.9 Å². The molecule has 0 radical (unpaired) electrons. The van der Waals surface area contributed by atoms with Crippen LogP contribution in [-0.2, 0) is 11.2 Å². The average Bonchev–Trinajstić information content (AvgIpc) is 2.60. The smallest absolute Gasteiger partial charge is 0.228 e. The molecular formula is C19H15ClN2O2. The van der Waals surface area contributed by atoms with Crippen molar-refractivity contribution in [2.24, 2.45) is 0 Å². The number of ether oxygens (including phenoxy) is 1. The van der Waals surface area contributed by atoms with Gasteiger partial charge in [0.1, 0.15) is 10.9 Å². The second-order valence-electron chi connectivity index (χ2n) is 5.13. The third-order valence-electron chi connectivity index (χ3n) is 3.29. The molecule has 1 amide bonds. The van der Waals surface area contributed by atoms with Crippen LogP contribution in [0.25, 0.3) is 0 Å². The summed E-state index contributed by atoms with van der Waals surface area (Å²) in [6.45, 7) is 0. The molecule has 1 N–H and O–H groups in total. The maximum Gasteiger partial charge on any atom is 0.228 e. The van der Waals surface area contributed by atoms with Gasteiger partial charge in [-0.3, -0.25) is 4.79 Å². The number of hydrogen-bond donors (Lipinski definition) is 1. The fourth-order valence-electron chi connectivity index (χ4n) is 2.17. The Bertz CT molecular complexity index is 820. The molecule has 0 atom stereocenters. The van der Waals surface area contributed by atoms with Gasteiger partial charge < -0.3 is 10.1 Å². The number of benzene rings is 2. The van der Waals surface area contributed by atoms with Crippen molar-refractivity contribution in [3.05, 3.63) is 83.6 Å².